The molecule has 0 aliphatic carbocycles. The quantitative estimate of drug-likeness (QED) is 0.490. The first kappa shape index (κ1) is 21.8. The molecule has 1 saturated heterocycles. The first-order chi connectivity index (χ1) is 16.4. The molecule has 0 saturated carbocycles. The number of rotatable bonds is 4. The number of hydrogen-bond acceptors (Lipinski definition) is 7. The highest BCUT2D eigenvalue weighted by Crippen LogP contribution is 2.36. The maximum Gasteiger partial charge on any atom is 0.417 e. The summed E-state index contributed by atoms with van der Waals surface area (Å²) in [7, 11) is 0. The monoisotopic (exact) mass is 469 g/mol. The van der Waals surface area contributed by atoms with Gasteiger partial charge in [0.25, 0.3) is 5.91 Å². The highest BCUT2D eigenvalue weighted by molar-refractivity contribution is 6.01. The van der Waals surface area contributed by atoms with Gasteiger partial charge in [0, 0.05) is 18.7 Å². The Morgan fingerprint density at radius 3 is 2.56 bits per heavy atom. The molecule has 4 aromatic rings. The molecule has 1 aliphatic rings. The second kappa shape index (κ2) is 8.71. The van der Waals surface area contributed by atoms with E-state index in [2.05, 4.69) is 25.6 Å². The molecule has 5 rings (SSSR count). The Bertz CT molecular complexity index is 1350. The number of nitrogens with one attached hydrogen (secondary N) is 1. The molecule has 12 heteroatoms. The number of halogens is 3. The molecule has 34 heavy (non-hydrogen) atoms. The summed E-state index contributed by atoms with van der Waals surface area (Å²) in [4.78, 5) is 19.4. The lowest BCUT2D eigenvalue weighted by atomic mass is 10.0. The number of morpholine rings is 1. The average molecular weight is 469 g/mol. The minimum Gasteiger partial charge on any atom is -0.378 e. The van der Waals surface area contributed by atoms with Gasteiger partial charge in [-0.05, 0) is 30.3 Å². The minimum absolute atomic E-state index is 0.0294. The number of benzene rings is 1. The Morgan fingerprint density at radius 2 is 1.76 bits per heavy atom. The van der Waals surface area contributed by atoms with Crippen molar-refractivity contribution < 1.29 is 22.7 Å². The molecule has 1 aromatic carbocycles. The lowest BCUT2D eigenvalue weighted by Gasteiger charge is -2.27. The summed E-state index contributed by atoms with van der Waals surface area (Å²) in [6.45, 7) is 2.56. The van der Waals surface area contributed by atoms with Crippen molar-refractivity contribution >= 4 is 23.2 Å². The van der Waals surface area contributed by atoms with E-state index in [0.717, 1.165) is 10.6 Å². The topological polar surface area (TPSA) is 97.5 Å². The molecule has 4 heterocycles. The third-order valence-corrected chi connectivity index (χ3v) is 5.29. The molecule has 1 fully saturated rings. The summed E-state index contributed by atoms with van der Waals surface area (Å²) < 4.78 is 46.9. The zero-order chi connectivity index (χ0) is 23.7. The summed E-state index contributed by atoms with van der Waals surface area (Å²) in [5.74, 6) is 0.161. The van der Waals surface area contributed by atoms with E-state index in [4.69, 9.17) is 4.74 Å². The molecule has 1 amide bonds. The van der Waals surface area contributed by atoms with Gasteiger partial charge in [-0.25, -0.2) is 4.98 Å². The van der Waals surface area contributed by atoms with Gasteiger partial charge in [-0.1, -0.05) is 24.3 Å². The SMILES string of the molecule is O=C(Nc1cccc(N2CCOCC2)n1)c1nnc2ccc(-c3ccccc3C(F)(F)F)nn12. The van der Waals surface area contributed by atoms with Crippen molar-refractivity contribution in [3.8, 4) is 11.3 Å². The molecule has 0 radical (unpaired) electrons. The molecule has 1 N–H and O–H groups in total. The molecule has 0 bridgehead atoms. The van der Waals surface area contributed by atoms with Gasteiger partial charge >= 0.3 is 6.18 Å². The number of nitrogens with zero attached hydrogens (tertiary/aromatic N) is 6. The van der Waals surface area contributed by atoms with Crippen LogP contribution in [0.3, 0.4) is 0 Å². The van der Waals surface area contributed by atoms with Crippen LogP contribution in [-0.2, 0) is 10.9 Å². The van der Waals surface area contributed by atoms with Crippen LogP contribution in [0.1, 0.15) is 16.2 Å². The van der Waals surface area contributed by atoms with Crippen LogP contribution in [0.5, 0.6) is 0 Å². The second-order valence-corrected chi connectivity index (χ2v) is 7.49. The van der Waals surface area contributed by atoms with E-state index in [-0.39, 0.29) is 22.7 Å². The molecule has 0 spiro atoms. The first-order valence-electron chi connectivity index (χ1n) is 10.4. The molecule has 1 aliphatic heterocycles. The zero-order valence-electron chi connectivity index (χ0n) is 17.7. The predicted octanol–water partition coefficient (Wildman–Crippen LogP) is 3.29. The summed E-state index contributed by atoms with van der Waals surface area (Å²) in [6.07, 6.45) is -4.56. The lowest BCUT2D eigenvalue weighted by Crippen LogP contribution is -2.36. The van der Waals surface area contributed by atoms with Crippen LogP contribution in [0.15, 0.2) is 54.6 Å². The van der Waals surface area contributed by atoms with Gasteiger partial charge in [0.1, 0.15) is 11.6 Å². The molecule has 3 aromatic heterocycles. The van der Waals surface area contributed by atoms with Crippen LogP contribution in [0.4, 0.5) is 24.8 Å². The number of fused-ring (bicyclic) bond motifs is 1. The van der Waals surface area contributed by atoms with Crippen LogP contribution in [0, 0.1) is 0 Å². The largest absolute Gasteiger partial charge is 0.417 e. The molecule has 0 unspecified atom stereocenters. The maximum absolute atomic E-state index is 13.5. The fraction of sp³-hybridized carbons (Fsp3) is 0.227. The molecule has 0 atom stereocenters. The Kier molecular flexibility index (Phi) is 5.57. The number of hydrogen-bond donors (Lipinski definition) is 1. The third-order valence-electron chi connectivity index (χ3n) is 5.29. The normalized spacial score (nSPS) is 14.4. The second-order valence-electron chi connectivity index (χ2n) is 7.49. The van der Waals surface area contributed by atoms with Crippen molar-refractivity contribution in [3.63, 3.8) is 0 Å². The summed E-state index contributed by atoms with van der Waals surface area (Å²) >= 11 is 0. The van der Waals surface area contributed by atoms with E-state index in [0.29, 0.717) is 37.9 Å². The van der Waals surface area contributed by atoms with Crippen LogP contribution < -0.4 is 10.2 Å². The van der Waals surface area contributed by atoms with Crippen molar-refractivity contribution in [3.05, 3.63) is 66.0 Å². The number of carbonyl (C=O) groups excluding carboxylic acids is 1. The number of pyridine rings is 1. The number of ether oxygens (including phenoxy) is 1. The Balaban J connectivity index is 1.45. The van der Waals surface area contributed by atoms with Gasteiger partial charge in [-0.15, -0.1) is 10.2 Å². The first-order valence-corrected chi connectivity index (χ1v) is 10.4. The van der Waals surface area contributed by atoms with Gasteiger partial charge in [-0.2, -0.15) is 22.8 Å². The Labute approximate surface area is 191 Å². The third kappa shape index (κ3) is 4.27. The van der Waals surface area contributed by atoms with E-state index in [9.17, 15) is 18.0 Å². The Hall–Kier alpha value is -4.06. The van der Waals surface area contributed by atoms with E-state index in [1.165, 1.54) is 30.3 Å². The standard InChI is InChI=1S/C22H18F3N7O2/c23-22(24,25)15-5-2-1-4-14(15)16-8-9-19-28-29-20(32(19)30-16)21(33)27-17-6-3-7-18(26-17)31-10-12-34-13-11-31/h1-9H,10-13H2,(H,26,27,33). The molecular formula is C22H18F3N7O2. The van der Waals surface area contributed by atoms with Crippen molar-refractivity contribution in [1.29, 1.82) is 0 Å². The number of aromatic nitrogens is 5. The summed E-state index contributed by atoms with van der Waals surface area (Å²) in [6, 6.07) is 13.2. The van der Waals surface area contributed by atoms with E-state index >= 15 is 0 Å². The van der Waals surface area contributed by atoms with Crippen molar-refractivity contribution in [1.82, 2.24) is 24.8 Å². The van der Waals surface area contributed by atoms with Crippen molar-refractivity contribution in [2.24, 2.45) is 0 Å². The maximum atomic E-state index is 13.5. The van der Waals surface area contributed by atoms with Gasteiger partial charge in [0.2, 0.25) is 5.82 Å². The van der Waals surface area contributed by atoms with E-state index in [1.807, 2.05) is 11.0 Å². The van der Waals surface area contributed by atoms with Crippen molar-refractivity contribution in [2.75, 3.05) is 36.5 Å². The smallest absolute Gasteiger partial charge is 0.378 e. The summed E-state index contributed by atoms with van der Waals surface area (Å²) in [5.41, 5.74) is -0.697. The fourth-order valence-electron chi connectivity index (χ4n) is 3.66. The van der Waals surface area contributed by atoms with Crippen LogP contribution in [0.25, 0.3) is 16.9 Å². The van der Waals surface area contributed by atoms with Gasteiger partial charge in [0.15, 0.2) is 5.65 Å². The van der Waals surface area contributed by atoms with Crippen molar-refractivity contribution in [2.45, 2.75) is 6.18 Å². The fourth-order valence-corrected chi connectivity index (χ4v) is 3.66. The molecule has 9 nitrogen and oxygen atoms in total. The number of amides is 1. The highest BCUT2D eigenvalue weighted by atomic mass is 19.4. The van der Waals surface area contributed by atoms with Crippen LogP contribution in [-0.4, -0.2) is 57.0 Å². The average Bonchev–Trinajstić information content (AvgIpc) is 3.28. The minimum atomic E-state index is -4.56. The van der Waals surface area contributed by atoms with Crippen LogP contribution in [0.2, 0.25) is 0 Å². The molecule has 174 valence electrons. The van der Waals surface area contributed by atoms with Gasteiger partial charge in [-0.3, -0.25) is 4.79 Å². The van der Waals surface area contributed by atoms with Gasteiger partial charge in [0.05, 0.1) is 24.5 Å². The zero-order valence-corrected chi connectivity index (χ0v) is 17.7. The summed E-state index contributed by atoms with van der Waals surface area (Å²) in [5, 5.41) is 14.7. The lowest BCUT2D eigenvalue weighted by molar-refractivity contribution is -0.137. The van der Waals surface area contributed by atoms with E-state index < -0.39 is 17.6 Å². The number of alkyl halides is 3. The van der Waals surface area contributed by atoms with E-state index in [1.54, 1.807) is 12.1 Å². The van der Waals surface area contributed by atoms with Crippen LogP contribution >= 0.6 is 0 Å². The molecular weight excluding hydrogens is 451 g/mol. The Morgan fingerprint density at radius 1 is 0.971 bits per heavy atom. The predicted molar refractivity (Wildman–Crippen MR) is 116 cm³/mol. The highest BCUT2D eigenvalue weighted by Gasteiger charge is 2.34. The van der Waals surface area contributed by atoms with Gasteiger partial charge < -0.3 is 15.0 Å². The number of anilines is 2. The number of carbonyl (C=O) groups is 1.